The Balaban J connectivity index is 3.31. The molecule has 0 saturated carbocycles. The lowest BCUT2D eigenvalue weighted by Crippen LogP contribution is -2.11. The highest BCUT2D eigenvalue weighted by Crippen LogP contribution is 2.26. The standard InChI is InChI=1S/C8H8BrFN2S/c1-12-5-3-2-4(8(11)13)6(9)7(5)10/h2-3,12H,1H3,(H2,11,13). The zero-order valence-corrected chi connectivity index (χ0v) is 9.30. The largest absolute Gasteiger partial charge is 0.389 e. The van der Waals surface area contributed by atoms with Gasteiger partial charge in [-0.1, -0.05) is 12.2 Å². The van der Waals surface area contributed by atoms with Crippen molar-refractivity contribution in [2.24, 2.45) is 5.73 Å². The highest BCUT2D eigenvalue weighted by atomic mass is 79.9. The molecular weight excluding hydrogens is 255 g/mol. The van der Waals surface area contributed by atoms with E-state index in [4.69, 9.17) is 18.0 Å². The van der Waals surface area contributed by atoms with E-state index >= 15 is 0 Å². The number of nitrogens with two attached hydrogens (primary N) is 1. The van der Waals surface area contributed by atoms with E-state index in [2.05, 4.69) is 21.2 Å². The molecule has 0 bridgehead atoms. The van der Waals surface area contributed by atoms with Gasteiger partial charge < -0.3 is 11.1 Å². The van der Waals surface area contributed by atoms with Gasteiger partial charge in [0.25, 0.3) is 0 Å². The second-order valence-corrected chi connectivity index (χ2v) is 3.64. The lowest BCUT2D eigenvalue weighted by atomic mass is 10.2. The molecule has 5 heteroatoms. The van der Waals surface area contributed by atoms with E-state index < -0.39 is 0 Å². The first-order valence-corrected chi connectivity index (χ1v) is 4.73. The van der Waals surface area contributed by atoms with Gasteiger partial charge in [0.05, 0.1) is 10.2 Å². The van der Waals surface area contributed by atoms with Crippen molar-refractivity contribution >= 4 is 38.8 Å². The number of thiocarbonyl (C=S) groups is 1. The zero-order chi connectivity index (χ0) is 10.0. The van der Waals surface area contributed by atoms with Gasteiger partial charge >= 0.3 is 0 Å². The number of halogens is 2. The van der Waals surface area contributed by atoms with Crippen LogP contribution in [0.1, 0.15) is 5.56 Å². The molecule has 1 rings (SSSR count). The van der Waals surface area contributed by atoms with Crippen molar-refractivity contribution in [2.45, 2.75) is 0 Å². The van der Waals surface area contributed by atoms with Gasteiger partial charge in [0.15, 0.2) is 5.82 Å². The maximum Gasteiger partial charge on any atom is 0.161 e. The summed E-state index contributed by atoms with van der Waals surface area (Å²) in [6, 6.07) is 3.26. The summed E-state index contributed by atoms with van der Waals surface area (Å²) in [7, 11) is 1.64. The number of anilines is 1. The van der Waals surface area contributed by atoms with Gasteiger partial charge in [-0.2, -0.15) is 0 Å². The Morgan fingerprint density at radius 2 is 2.23 bits per heavy atom. The quantitative estimate of drug-likeness (QED) is 0.804. The molecular formula is C8H8BrFN2S. The molecule has 0 aromatic heterocycles. The fraction of sp³-hybridized carbons (Fsp3) is 0.125. The van der Waals surface area contributed by atoms with Gasteiger partial charge in [-0.15, -0.1) is 0 Å². The van der Waals surface area contributed by atoms with E-state index in [1.165, 1.54) is 0 Å². The van der Waals surface area contributed by atoms with Crippen LogP contribution in [0.25, 0.3) is 0 Å². The molecule has 2 nitrogen and oxygen atoms in total. The van der Waals surface area contributed by atoms with E-state index in [-0.39, 0.29) is 10.8 Å². The Labute approximate surface area is 89.4 Å². The normalized spacial score (nSPS) is 9.77. The molecule has 0 aliphatic rings. The average molecular weight is 263 g/mol. The lowest BCUT2D eigenvalue weighted by molar-refractivity contribution is 0.624. The van der Waals surface area contributed by atoms with Crippen molar-refractivity contribution in [3.63, 3.8) is 0 Å². The predicted octanol–water partition coefficient (Wildman–Crippen LogP) is 2.26. The molecule has 1 aromatic rings. The summed E-state index contributed by atoms with van der Waals surface area (Å²) in [5.41, 5.74) is 6.30. The maximum atomic E-state index is 13.4. The van der Waals surface area contributed by atoms with Gasteiger partial charge in [-0.25, -0.2) is 4.39 Å². The van der Waals surface area contributed by atoms with Crippen molar-refractivity contribution in [2.75, 3.05) is 12.4 Å². The van der Waals surface area contributed by atoms with Gasteiger partial charge in [0.2, 0.25) is 0 Å². The molecule has 70 valence electrons. The number of hydrogen-bond donors (Lipinski definition) is 2. The van der Waals surface area contributed by atoms with Crippen molar-refractivity contribution in [3.8, 4) is 0 Å². The predicted molar refractivity (Wildman–Crippen MR) is 59.5 cm³/mol. The first kappa shape index (κ1) is 10.4. The van der Waals surface area contributed by atoms with Crippen LogP contribution in [0.15, 0.2) is 16.6 Å². The minimum atomic E-state index is -0.382. The van der Waals surface area contributed by atoms with Gasteiger partial charge in [0, 0.05) is 12.6 Å². The number of hydrogen-bond acceptors (Lipinski definition) is 2. The minimum Gasteiger partial charge on any atom is -0.389 e. The third kappa shape index (κ3) is 1.97. The van der Waals surface area contributed by atoms with Crippen LogP contribution in [0.3, 0.4) is 0 Å². The van der Waals surface area contributed by atoms with E-state index in [0.717, 1.165) is 0 Å². The van der Waals surface area contributed by atoms with Crippen LogP contribution in [-0.2, 0) is 0 Å². The average Bonchev–Trinajstić information content (AvgIpc) is 2.09. The monoisotopic (exact) mass is 262 g/mol. The van der Waals surface area contributed by atoms with E-state index in [9.17, 15) is 4.39 Å². The summed E-state index contributed by atoms with van der Waals surface area (Å²) in [6.07, 6.45) is 0. The molecule has 0 saturated heterocycles. The summed E-state index contributed by atoms with van der Waals surface area (Å²) in [5.74, 6) is -0.382. The third-order valence-electron chi connectivity index (χ3n) is 1.62. The van der Waals surface area contributed by atoms with Crippen molar-refractivity contribution in [1.82, 2.24) is 0 Å². The van der Waals surface area contributed by atoms with E-state index in [1.807, 2.05) is 0 Å². The van der Waals surface area contributed by atoms with Crippen molar-refractivity contribution in [1.29, 1.82) is 0 Å². The molecule has 3 N–H and O–H groups in total. The number of nitrogens with one attached hydrogen (secondary N) is 1. The Kier molecular flexibility index (Phi) is 3.22. The fourth-order valence-corrected chi connectivity index (χ4v) is 1.79. The summed E-state index contributed by atoms with van der Waals surface area (Å²) >= 11 is 7.84. The molecule has 0 atom stereocenters. The Bertz CT molecular complexity index is 354. The number of rotatable bonds is 2. The Hall–Kier alpha value is -0.680. The molecule has 0 amide bonds. The molecule has 0 aliphatic heterocycles. The second-order valence-electron chi connectivity index (χ2n) is 2.40. The van der Waals surface area contributed by atoms with Crippen LogP contribution < -0.4 is 11.1 Å². The number of benzene rings is 1. The van der Waals surface area contributed by atoms with Crippen LogP contribution in [0.4, 0.5) is 10.1 Å². The zero-order valence-electron chi connectivity index (χ0n) is 6.90. The SMILES string of the molecule is CNc1ccc(C(N)=S)c(Br)c1F. The van der Waals surface area contributed by atoms with E-state index in [1.54, 1.807) is 19.2 Å². The maximum absolute atomic E-state index is 13.4. The van der Waals surface area contributed by atoms with Gasteiger partial charge in [-0.3, -0.25) is 0 Å². The highest BCUT2D eigenvalue weighted by Gasteiger charge is 2.11. The first-order chi connectivity index (χ1) is 6.07. The van der Waals surface area contributed by atoms with Gasteiger partial charge in [0.1, 0.15) is 4.99 Å². The highest BCUT2D eigenvalue weighted by molar-refractivity contribution is 9.10. The molecule has 1 aromatic carbocycles. The lowest BCUT2D eigenvalue weighted by Gasteiger charge is -2.07. The minimum absolute atomic E-state index is 0.174. The van der Waals surface area contributed by atoms with Crippen LogP contribution in [0.2, 0.25) is 0 Å². The molecule has 0 unspecified atom stereocenters. The van der Waals surface area contributed by atoms with Crippen molar-refractivity contribution in [3.05, 3.63) is 28.0 Å². The molecule has 0 heterocycles. The van der Waals surface area contributed by atoms with Crippen LogP contribution in [0, 0.1) is 5.82 Å². The third-order valence-corrected chi connectivity index (χ3v) is 2.61. The Morgan fingerprint density at radius 1 is 1.62 bits per heavy atom. The van der Waals surface area contributed by atoms with Crippen molar-refractivity contribution < 1.29 is 4.39 Å². The summed E-state index contributed by atoms with van der Waals surface area (Å²) in [5, 5.41) is 2.71. The molecule has 0 fully saturated rings. The fourth-order valence-electron chi connectivity index (χ4n) is 0.933. The molecule has 0 spiro atoms. The topological polar surface area (TPSA) is 38.0 Å². The second kappa shape index (κ2) is 4.02. The van der Waals surface area contributed by atoms with Crippen LogP contribution >= 0.6 is 28.1 Å². The van der Waals surface area contributed by atoms with E-state index in [0.29, 0.717) is 15.7 Å². The van der Waals surface area contributed by atoms with Gasteiger partial charge in [-0.05, 0) is 28.1 Å². The molecule has 0 radical (unpaired) electrons. The van der Waals surface area contributed by atoms with Crippen LogP contribution in [0.5, 0.6) is 0 Å². The van der Waals surface area contributed by atoms with Crippen LogP contribution in [-0.4, -0.2) is 12.0 Å². The molecule has 13 heavy (non-hydrogen) atoms. The molecule has 0 aliphatic carbocycles. The first-order valence-electron chi connectivity index (χ1n) is 3.53. The summed E-state index contributed by atoms with van der Waals surface area (Å²) in [4.78, 5) is 0.174. The summed E-state index contributed by atoms with van der Waals surface area (Å²) < 4.78 is 13.7. The smallest absolute Gasteiger partial charge is 0.161 e. The Morgan fingerprint density at radius 3 is 2.69 bits per heavy atom. The summed E-state index contributed by atoms with van der Waals surface area (Å²) in [6.45, 7) is 0.